The smallest absolute Gasteiger partial charge is 0.294 e. The molecule has 0 radical (unpaired) electrons. The molecule has 133 heavy (non-hydrogen) atoms. The van der Waals surface area contributed by atoms with Crippen LogP contribution >= 0.6 is 0 Å². The van der Waals surface area contributed by atoms with Gasteiger partial charge in [0.25, 0.3) is 20.2 Å². The standard InChI is InChI=1S/C91H134N22O18S2/c1-10-55(4)77(92)85(124)107-67(23-16-17-43-100-76(116)30-15-12-18-47-112-72-42-40-61(133(129,130)131)53-63(72)91(7,8)75(112)29-14-11-13-28-74-90(5,6)62-52-60(132(126,127)128)39-41-71(62)111(74)9)86(125)113-48-22-27-73(113)84(123)106-66(26-21-46-103-89(98)99)81(120)110-70(51-57-33-37-59(115)38-34-57)83(122)105-65(25-20-45-102-88(96)97)80(119)109-69(49-54(2)3)82(121)104-64(24-19-44-101-87(94)95)79(118)108-68(78(93)117)50-56-31-35-58(114)36-32-56/h11,13-14,28-29,31-42,52-55,64-70,73,77H,10,12,15-27,30,43-51,92H2,1-9H3,(H25-,93,94,95,96,97,98,99,100,101,102,103,104,105,106,107,108,109,110,114,115,116,117,118,119,120,121,122,123,124,126,127,128,129,130,131)/p+1/t55-,64-,65-,66-,67-,68-,69-,70-,73-,77-/m0/s1. The van der Waals surface area contributed by atoms with Gasteiger partial charge in [-0.25, -0.2) is 34.9 Å². The number of aliphatic hydroxyl groups is 9. The monoisotopic (exact) mass is 1890 g/mol. The number of amides is 1. The molecule has 0 unspecified atom stereocenters. The molecular formula is C91H135N22O18S2+. The average molecular weight is 1890 g/mol. The third-order valence-corrected chi connectivity index (χ3v) is 25.2. The van der Waals surface area contributed by atoms with Crippen LogP contribution in [0.5, 0.6) is 11.5 Å². The molecule has 0 spiro atoms. The molecule has 7 rings (SSSR count). The number of anilines is 1. The minimum atomic E-state index is -4.54. The maximum absolute atomic E-state index is 15.1. The number of likely N-dealkylation sites (tertiary alicyclic amines) is 1. The zero-order chi connectivity index (χ0) is 98.4. The molecule has 0 aromatic heterocycles. The number of rotatable bonds is 52. The van der Waals surface area contributed by atoms with Crippen molar-refractivity contribution < 1.29 is 91.5 Å². The molecule has 3 aliphatic rings. The van der Waals surface area contributed by atoms with Crippen molar-refractivity contribution >= 4 is 114 Å². The summed E-state index contributed by atoms with van der Waals surface area (Å²) in [6, 6.07) is 8.79. The second-order valence-electron chi connectivity index (χ2n) is 34.9. The Balaban J connectivity index is 1.12. The van der Waals surface area contributed by atoms with Gasteiger partial charge in [-0.3, -0.25) is 40.5 Å². The van der Waals surface area contributed by atoms with Crippen LogP contribution in [0.4, 0.5) is 11.4 Å². The number of benzene rings is 4. The third kappa shape index (κ3) is 32.1. The summed E-state index contributed by atoms with van der Waals surface area (Å²) in [6.07, 6.45) is 13.2. The van der Waals surface area contributed by atoms with Gasteiger partial charge >= 0.3 is 0 Å². The van der Waals surface area contributed by atoms with Gasteiger partial charge in [0, 0.05) is 100.0 Å². The summed E-state index contributed by atoms with van der Waals surface area (Å²) in [6.45, 7) is 16.2. The van der Waals surface area contributed by atoms with E-state index in [1.807, 2.05) is 83.9 Å². The molecule has 10 atom stereocenters. The highest BCUT2D eigenvalue weighted by molar-refractivity contribution is 7.86. The number of aliphatic imine (C=N–C) groups is 8. The number of aliphatic hydroxyl groups excluding tert-OH is 9. The Kier molecular flexibility index (Phi) is 40.3. The maximum atomic E-state index is 15.1. The van der Waals surface area contributed by atoms with Crippen molar-refractivity contribution in [3.05, 3.63) is 143 Å². The van der Waals surface area contributed by atoms with Crippen LogP contribution < -0.4 is 43.8 Å². The van der Waals surface area contributed by atoms with Gasteiger partial charge in [0.05, 0.1) is 21.2 Å². The molecule has 0 saturated carbocycles. The van der Waals surface area contributed by atoms with Crippen molar-refractivity contribution in [2.24, 2.45) is 74.7 Å². The van der Waals surface area contributed by atoms with Crippen LogP contribution in [0.25, 0.3) is 0 Å². The number of nitrogens with zero attached hydrogens (tertiary/aromatic N) is 11. The third-order valence-electron chi connectivity index (χ3n) is 23.5. The number of phenols is 2. The van der Waals surface area contributed by atoms with Gasteiger partial charge in [0.2, 0.25) is 52.9 Å². The molecule has 4 aromatic carbocycles. The lowest BCUT2D eigenvalue weighted by molar-refractivity contribution is -0.438. The van der Waals surface area contributed by atoms with E-state index in [-0.39, 0.29) is 167 Å². The number of nitrogens with two attached hydrogens (primary N) is 4. The highest BCUT2D eigenvalue weighted by Gasteiger charge is 2.46. The predicted molar refractivity (Wildman–Crippen MR) is 520 cm³/mol. The summed E-state index contributed by atoms with van der Waals surface area (Å²) < 4.78 is 70.9. The molecule has 0 bridgehead atoms. The number of carbonyl (C=O) groups excluding carboxylic acids is 1. The fourth-order valence-corrected chi connectivity index (χ4v) is 16.9. The van der Waals surface area contributed by atoms with Crippen LogP contribution in [0.1, 0.15) is 187 Å². The summed E-state index contributed by atoms with van der Waals surface area (Å²) >= 11 is 0. The molecule has 4 aromatic rings. The molecule has 42 heteroatoms. The molecule has 1 amide bonds. The molecule has 3 aliphatic heterocycles. The number of carbonyl (C=O) groups is 1. The van der Waals surface area contributed by atoms with E-state index < -0.39 is 139 Å². The van der Waals surface area contributed by atoms with Crippen molar-refractivity contribution in [3.8, 4) is 11.5 Å². The van der Waals surface area contributed by atoms with Crippen LogP contribution in [0.2, 0.25) is 0 Å². The van der Waals surface area contributed by atoms with E-state index in [1.54, 1.807) is 26.0 Å². The SMILES string of the molecule is CC[C@H](C)[C@H](N)C(O)=N[C@@H](CCCCN=C(O)CCCCC[N+]1=C(C=CC=CC=C2N(C)c3ccc(S(=O)(=O)O)cc3C2(C)C)C(C)(C)c2cc(S(=O)(=O)O)ccc21)C(=O)N1CCC[C@H]1C(O)=N[C@@H](CCCNC(=N)N)C(O)=N[C@@H](Cc1ccc(O)cc1)C(O)=N[C@@H](CCCNC(=N)N)C(O)=N[C@@H](CC(C)C)C(O)=N[C@@H](CCCNC(=N)N)C(O)=N[C@@H](Cc1ccc(O)cc1)C(=N)O. The second-order valence-corrected chi connectivity index (χ2v) is 37.7. The van der Waals surface area contributed by atoms with Gasteiger partial charge < -0.3 is 105 Å². The summed E-state index contributed by atoms with van der Waals surface area (Å²) in [5.74, 6) is -8.15. The molecular weight excluding hydrogens is 1750 g/mol. The van der Waals surface area contributed by atoms with Crippen LogP contribution in [0, 0.1) is 33.5 Å². The lowest BCUT2D eigenvalue weighted by atomic mass is 9.81. The van der Waals surface area contributed by atoms with Gasteiger partial charge in [-0.2, -0.15) is 21.4 Å². The fraction of sp³-hybridized carbons (Fsp3) is 0.516. The van der Waals surface area contributed by atoms with E-state index in [9.17, 15) is 82.1 Å². The Morgan fingerprint density at radius 2 is 1.04 bits per heavy atom. The van der Waals surface area contributed by atoms with Crippen LogP contribution in [-0.4, -0.2) is 275 Å². The number of aromatic hydroxyl groups is 2. The van der Waals surface area contributed by atoms with Gasteiger partial charge in [-0.05, 0) is 193 Å². The van der Waals surface area contributed by atoms with Crippen LogP contribution in [-0.2, 0) is 48.7 Å². The molecule has 1 fully saturated rings. The number of hydrogen-bond donors (Lipinski definition) is 24. The zero-order valence-corrected chi connectivity index (χ0v) is 78.5. The van der Waals surface area contributed by atoms with Crippen molar-refractivity contribution in [1.82, 2.24) is 20.9 Å². The minimum absolute atomic E-state index is 0.00663. The molecule has 40 nitrogen and oxygen atoms in total. The van der Waals surface area contributed by atoms with Crippen molar-refractivity contribution in [1.29, 1.82) is 21.6 Å². The van der Waals surface area contributed by atoms with Gasteiger partial charge in [0.15, 0.2) is 35.4 Å². The molecule has 0 aliphatic carbocycles. The minimum Gasteiger partial charge on any atom is -0.508 e. The first-order chi connectivity index (χ1) is 62.6. The summed E-state index contributed by atoms with van der Waals surface area (Å²) in [5.41, 5.74) is 27.6. The second kappa shape index (κ2) is 49.8. The number of allylic oxidation sites excluding steroid dienone is 6. The Morgan fingerprint density at radius 3 is 1.56 bits per heavy atom. The van der Waals surface area contributed by atoms with Gasteiger partial charge in [-0.15, -0.1) is 0 Å². The number of hydrogen-bond acceptors (Lipinski definition) is 21. The maximum Gasteiger partial charge on any atom is 0.294 e. The summed E-state index contributed by atoms with van der Waals surface area (Å²) in [5, 5.41) is 165. The molecule has 3 heterocycles. The van der Waals surface area contributed by atoms with Gasteiger partial charge in [-0.1, -0.05) is 90.5 Å². The number of nitrogens with one attached hydrogen (secondary N) is 7. The van der Waals surface area contributed by atoms with E-state index in [1.165, 1.54) is 77.7 Å². The average Bonchev–Trinajstić information content (AvgIpc) is 1.58. The largest absolute Gasteiger partial charge is 0.508 e. The number of likely N-dealkylation sites (N-methyl/N-ethyl adjacent to an activating group) is 1. The topological polar surface area (TPSA) is 692 Å². The first-order valence-corrected chi connectivity index (χ1v) is 47.4. The lowest BCUT2D eigenvalue weighted by Crippen LogP contribution is -2.46. The summed E-state index contributed by atoms with van der Waals surface area (Å²) in [7, 11) is -7.10. The number of phenolic OH excluding ortho intramolecular Hbond substituents is 2. The Morgan fingerprint density at radius 1 is 0.564 bits per heavy atom. The van der Waals surface area contributed by atoms with E-state index in [4.69, 9.17) is 44.6 Å². The molecule has 1 saturated heterocycles. The Hall–Kier alpha value is -12.5. The number of unbranched alkanes of at least 4 members (excludes halogenated alkanes) is 3. The molecule has 28 N–H and O–H groups in total. The first kappa shape index (κ1) is 107. The first-order valence-electron chi connectivity index (χ1n) is 44.5. The van der Waals surface area contributed by atoms with Crippen LogP contribution in [0.3, 0.4) is 0 Å². The Labute approximate surface area is 777 Å². The fourth-order valence-electron chi connectivity index (χ4n) is 15.9. The normalized spacial score (nSPS) is 18.4. The summed E-state index contributed by atoms with van der Waals surface area (Å²) in [4.78, 5) is 53.8. The van der Waals surface area contributed by atoms with Gasteiger partial charge in [0.1, 0.15) is 66.4 Å². The van der Waals surface area contributed by atoms with E-state index in [0.29, 0.717) is 68.2 Å². The number of guanidine groups is 3. The highest BCUT2D eigenvalue weighted by Crippen LogP contribution is 2.48. The Bertz CT molecular complexity index is 5340. The van der Waals surface area contributed by atoms with Crippen molar-refractivity contribution in [2.75, 3.05) is 51.2 Å². The predicted octanol–water partition coefficient (Wildman–Crippen LogP) is 10.6. The highest BCUT2D eigenvalue weighted by atomic mass is 32.2. The quantitative estimate of drug-likeness (QED) is 0.00488. The molecule has 728 valence electrons. The van der Waals surface area contributed by atoms with E-state index in [0.717, 1.165) is 28.3 Å². The van der Waals surface area contributed by atoms with Crippen molar-refractivity contribution in [2.45, 2.75) is 252 Å². The lowest BCUT2D eigenvalue weighted by Gasteiger charge is -2.28. The van der Waals surface area contributed by atoms with Crippen molar-refractivity contribution in [3.63, 3.8) is 0 Å². The van der Waals surface area contributed by atoms with E-state index >= 15 is 4.79 Å². The zero-order valence-electron chi connectivity index (χ0n) is 76.9. The van der Waals surface area contributed by atoms with Crippen LogP contribution in [0.15, 0.2) is 171 Å². The van der Waals surface area contributed by atoms with E-state index in [2.05, 4.69) is 60.5 Å². The number of fused-ring (bicyclic) bond motifs is 2.